The van der Waals surface area contributed by atoms with E-state index in [2.05, 4.69) is 26.1 Å². The van der Waals surface area contributed by atoms with E-state index in [1.165, 1.54) is 129 Å². The number of ether oxygens (including phenoxy) is 4. The molecule has 1 heterocycles. The number of methoxy groups -OCH3 is 1. The minimum atomic E-state index is -4.77. The molecule has 0 radical (unpaired) electrons. The summed E-state index contributed by atoms with van der Waals surface area (Å²) in [6.07, 6.45) is 32.1. The lowest BCUT2D eigenvalue weighted by Gasteiger charge is -2.42. The quantitative estimate of drug-likeness (QED) is 0.0277. The average Bonchev–Trinajstić information content (AvgIpc) is 3.54. The van der Waals surface area contributed by atoms with E-state index in [9.17, 15) is 19.5 Å². The number of hydrogen-bond acceptors (Lipinski definition) is 13. The van der Waals surface area contributed by atoms with Gasteiger partial charge in [-0.3, -0.25) is 23.7 Å². The van der Waals surface area contributed by atoms with Gasteiger partial charge in [0, 0.05) is 0 Å². The molecule has 456 valence electrons. The van der Waals surface area contributed by atoms with Crippen molar-refractivity contribution in [2.75, 3.05) is 20.3 Å². The molecule has 0 aromatic heterocycles. The molecule has 0 bridgehead atoms. The standard InChI is InChI=1S/C65H108NO13P/c1-5-8-11-14-17-19-21-22-23-24-26-29-31-36-43-54(42-35-30-28-25-20-18-15-12-9-6-2)65(71)76-63-58(66-60(68)51-55(67)44-37-32-27-16-13-10-7-3)52-74-59(53-75-62(70)50-49-61(69)73-4)64(63)79-80(72,77-56-45-38-33-39-46-56)78-57-47-40-34-41-48-57/h33-34,38-41,45-48,54-55,58-59,63-64,67H,5-32,35-37,42-44,49-53H2,1-4H3,(H,66,68)/t54?,55-,58+,59-,63-,64-/m1/s1. The minimum Gasteiger partial charge on any atom is -0.469 e. The molecular weight excluding hydrogens is 1030 g/mol. The van der Waals surface area contributed by atoms with E-state index >= 15 is 9.36 Å². The zero-order valence-electron chi connectivity index (χ0n) is 50.1. The average molecular weight is 1140 g/mol. The Morgan fingerprint density at radius 3 is 1.39 bits per heavy atom. The van der Waals surface area contributed by atoms with Crippen molar-refractivity contribution in [3.63, 3.8) is 0 Å². The Kier molecular flexibility index (Phi) is 40.0. The van der Waals surface area contributed by atoms with Crippen molar-refractivity contribution in [1.82, 2.24) is 5.32 Å². The molecule has 3 rings (SSSR count). The fourth-order valence-electron chi connectivity index (χ4n) is 10.4. The summed E-state index contributed by atoms with van der Waals surface area (Å²) < 4.78 is 57.4. The van der Waals surface area contributed by atoms with Gasteiger partial charge in [-0.25, -0.2) is 4.57 Å². The van der Waals surface area contributed by atoms with Gasteiger partial charge in [-0.1, -0.05) is 256 Å². The summed E-state index contributed by atoms with van der Waals surface area (Å²) in [4.78, 5) is 54.1. The zero-order valence-corrected chi connectivity index (χ0v) is 51.0. The largest absolute Gasteiger partial charge is 0.588 e. The summed E-state index contributed by atoms with van der Waals surface area (Å²) >= 11 is 0. The van der Waals surface area contributed by atoms with Crippen LogP contribution in [0.3, 0.4) is 0 Å². The maximum Gasteiger partial charge on any atom is 0.588 e. The van der Waals surface area contributed by atoms with Gasteiger partial charge in [-0.15, -0.1) is 0 Å². The van der Waals surface area contributed by atoms with Crippen LogP contribution >= 0.6 is 7.82 Å². The third-order valence-electron chi connectivity index (χ3n) is 15.2. The van der Waals surface area contributed by atoms with Crippen molar-refractivity contribution in [3.05, 3.63) is 60.7 Å². The van der Waals surface area contributed by atoms with E-state index in [-0.39, 0.29) is 37.4 Å². The summed E-state index contributed by atoms with van der Waals surface area (Å²) in [5, 5.41) is 14.1. The van der Waals surface area contributed by atoms with Crippen LogP contribution < -0.4 is 14.4 Å². The Morgan fingerprint density at radius 2 is 0.963 bits per heavy atom. The smallest absolute Gasteiger partial charge is 0.469 e. The van der Waals surface area contributed by atoms with Crippen molar-refractivity contribution >= 4 is 31.6 Å². The summed E-state index contributed by atoms with van der Waals surface area (Å²) in [6, 6.07) is 15.7. The highest BCUT2D eigenvalue weighted by atomic mass is 31.2. The molecule has 14 nitrogen and oxygen atoms in total. The first-order chi connectivity index (χ1) is 39.0. The Balaban J connectivity index is 1.93. The van der Waals surface area contributed by atoms with E-state index in [1.54, 1.807) is 60.7 Å². The normalized spacial score (nSPS) is 17.1. The Bertz CT molecular complexity index is 1880. The second-order valence-corrected chi connectivity index (χ2v) is 23.8. The second kappa shape index (κ2) is 45.5. The first-order valence-electron chi connectivity index (χ1n) is 31.8. The molecule has 1 aliphatic heterocycles. The number of aliphatic hydroxyl groups excluding tert-OH is 1. The van der Waals surface area contributed by atoms with E-state index in [0.29, 0.717) is 19.3 Å². The van der Waals surface area contributed by atoms with Gasteiger partial charge >= 0.3 is 25.7 Å². The first-order valence-corrected chi connectivity index (χ1v) is 33.3. The zero-order chi connectivity index (χ0) is 57.7. The van der Waals surface area contributed by atoms with Crippen LogP contribution in [0.1, 0.15) is 258 Å². The number of phosphoric acid groups is 1. The molecule has 0 spiro atoms. The Labute approximate surface area is 483 Å². The van der Waals surface area contributed by atoms with E-state index in [0.717, 1.165) is 77.0 Å². The highest BCUT2D eigenvalue weighted by Crippen LogP contribution is 2.52. The molecule has 0 aliphatic carbocycles. The van der Waals surface area contributed by atoms with E-state index in [4.69, 9.17) is 32.5 Å². The van der Waals surface area contributed by atoms with E-state index in [1.807, 2.05) is 0 Å². The lowest BCUT2D eigenvalue weighted by Crippen LogP contribution is -2.62. The van der Waals surface area contributed by atoms with Crippen LogP contribution in [0.15, 0.2) is 60.7 Å². The molecule has 2 aromatic rings. The molecule has 1 unspecified atom stereocenters. The fourth-order valence-corrected chi connectivity index (χ4v) is 11.8. The number of para-hydroxylation sites is 2. The van der Waals surface area contributed by atoms with Gasteiger partial charge in [0.2, 0.25) is 5.91 Å². The Morgan fingerprint density at radius 1 is 0.562 bits per heavy atom. The number of hydrogen-bond donors (Lipinski definition) is 2. The van der Waals surface area contributed by atoms with Crippen LogP contribution in [0.25, 0.3) is 0 Å². The maximum atomic E-state index is 15.3. The van der Waals surface area contributed by atoms with Crippen LogP contribution in [-0.4, -0.2) is 79.7 Å². The van der Waals surface area contributed by atoms with Crippen LogP contribution in [0, 0.1) is 5.92 Å². The van der Waals surface area contributed by atoms with Gasteiger partial charge in [0.05, 0.1) is 51.0 Å². The third-order valence-corrected chi connectivity index (χ3v) is 16.6. The lowest BCUT2D eigenvalue weighted by molar-refractivity contribution is -0.195. The van der Waals surface area contributed by atoms with Crippen molar-refractivity contribution in [2.45, 2.75) is 289 Å². The van der Waals surface area contributed by atoms with Crippen molar-refractivity contribution in [3.8, 4) is 11.5 Å². The number of rotatable bonds is 50. The fraction of sp³-hybridized carbons (Fsp3) is 0.754. The number of benzene rings is 2. The molecule has 1 amide bonds. The van der Waals surface area contributed by atoms with E-state index < -0.39 is 74.6 Å². The highest BCUT2D eigenvalue weighted by Gasteiger charge is 2.51. The predicted octanol–water partition coefficient (Wildman–Crippen LogP) is 16.6. The molecule has 15 heteroatoms. The van der Waals surface area contributed by atoms with Gasteiger partial charge in [-0.2, -0.15) is 0 Å². The summed E-state index contributed by atoms with van der Waals surface area (Å²) in [5.41, 5.74) is 0. The Hall–Kier alpha value is -3.97. The third kappa shape index (κ3) is 33.2. The molecule has 1 saturated heterocycles. The number of phosphoric ester groups is 1. The number of amides is 1. The monoisotopic (exact) mass is 1140 g/mol. The predicted molar refractivity (Wildman–Crippen MR) is 318 cm³/mol. The second-order valence-electron chi connectivity index (χ2n) is 22.4. The molecule has 1 aliphatic rings. The maximum absolute atomic E-state index is 15.3. The number of unbranched alkanes of at least 4 members (excludes halogenated alkanes) is 28. The molecule has 6 atom stereocenters. The number of nitrogens with one attached hydrogen (secondary N) is 1. The topological polar surface area (TPSA) is 182 Å². The van der Waals surface area contributed by atoms with Gasteiger partial charge in [0.15, 0.2) is 6.10 Å². The summed E-state index contributed by atoms with van der Waals surface area (Å²) in [5.74, 6) is -2.45. The van der Waals surface area contributed by atoms with Gasteiger partial charge in [0.25, 0.3) is 0 Å². The van der Waals surface area contributed by atoms with Crippen LogP contribution in [0.2, 0.25) is 0 Å². The molecular formula is C65H108NO13P. The molecule has 2 aromatic carbocycles. The molecule has 1 fully saturated rings. The number of carbonyl (C=O) groups excluding carboxylic acids is 4. The first kappa shape index (κ1) is 70.3. The molecule has 80 heavy (non-hydrogen) atoms. The van der Waals surface area contributed by atoms with Crippen LogP contribution in [0.5, 0.6) is 11.5 Å². The SMILES string of the molecule is CCCCCCCCCCCCCCCCC(CCCCCCCCCCCC)C(=O)O[C@H]1[C@H](OP(=O)(Oc2ccccc2)Oc2ccccc2)[C@@H](COC(=O)CCC(=O)OC)OC[C@@H]1NC(=O)C[C@H](O)CCCCCCCCC. The van der Waals surface area contributed by atoms with Gasteiger partial charge in [0.1, 0.15) is 30.3 Å². The minimum absolute atomic E-state index is 0.160. The van der Waals surface area contributed by atoms with Gasteiger partial charge < -0.3 is 38.4 Å². The number of carbonyl (C=O) groups is 4. The lowest BCUT2D eigenvalue weighted by atomic mass is 9.93. The van der Waals surface area contributed by atoms with Crippen molar-refractivity contribution in [1.29, 1.82) is 0 Å². The highest BCUT2D eigenvalue weighted by molar-refractivity contribution is 7.49. The van der Waals surface area contributed by atoms with Crippen molar-refractivity contribution in [2.24, 2.45) is 5.92 Å². The number of esters is 3. The van der Waals surface area contributed by atoms with Crippen LogP contribution in [0.4, 0.5) is 0 Å². The summed E-state index contributed by atoms with van der Waals surface area (Å²) in [6.45, 7) is 6.00. The van der Waals surface area contributed by atoms with Crippen LogP contribution in [-0.2, 0) is 47.2 Å². The summed E-state index contributed by atoms with van der Waals surface area (Å²) in [7, 11) is -3.54. The number of aliphatic hydroxyl groups is 1. The van der Waals surface area contributed by atoms with Crippen molar-refractivity contribution < 1.29 is 61.4 Å². The molecule has 2 N–H and O–H groups in total. The molecule has 0 saturated carbocycles. The van der Waals surface area contributed by atoms with Gasteiger partial charge in [-0.05, 0) is 43.5 Å².